The first-order valence-electron chi connectivity index (χ1n) is 8.05. The second-order valence-corrected chi connectivity index (χ2v) is 7.77. The predicted molar refractivity (Wildman–Crippen MR) is 99.6 cm³/mol. The topological polar surface area (TPSA) is 117 Å². The second kappa shape index (κ2) is 7.28. The van der Waals surface area contributed by atoms with Crippen molar-refractivity contribution in [3.63, 3.8) is 0 Å². The number of nitrogens with two attached hydrogens (primary N) is 1. The Labute approximate surface area is 151 Å². The third-order valence-corrected chi connectivity index (χ3v) is 5.67. The maximum atomic E-state index is 12.6. The second-order valence-electron chi connectivity index (χ2n) is 6.06. The summed E-state index contributed by atoms with van der Waals surface area (Å²) in [6, 6.07) is 13.0. The number of hydrogen-bond acceptors (Lipinski definition) is 4. The first kappa shape index (κ1) is 18.1. The van der Waals surface area contributed by atoms with Crippen LogP contribution in [0, 0.1) is 6.92 Å². The molecule has 0 bridgehead atoms. The Balaban J connectivity index is 1.89. The average molecular weight is 372 g/mol. The van der Waals surface area contributed by atoms with Crippen LogP contribution in [0.3, 0.4) is 0 Å². The summed E-state index contributed by atoms with van der Waals surface area (Å²) in [5.41, 5.74) is 4.71. The maximum absolute atomic E-state index is 12.6. The summed E-state index contributed by atoms with van der Waals surface area (Å²) in [5.74, 6) is 4.64. The fourth-order valence-corrected chi connectivity index (χ4v) is 3.98. The van der Waals surface area contributed by atoms with Gasteiger partial charge in [-0.3, -0.25) is 10.2 Å². The van der Waals surface area contributed by atoms with Crippen molar-refractivity contribution in [3.8, 4) is 0 Å². The summed E-state index contributed by atoms with van der Waals surface area (Å²) in [6.07, 6.45) is 1.93. The number of fused-ring (bicyclic) bond motifs is 1. The average Bonchev–Trinajstić information content (AvgIpc) is 3.04. The molecule has 0 saturated heterocycles. The molecule has 0 saturated carbocycles. The highest BCUT2D eigenvalue weighted by Crippen LogP contribution is 2.20. The molecule has 3 aromatic rings. The molecule has 2 aromatic carbocycles. The number of para-hydroxylation sites is 1. The molecule has 0 radical (unpaired) electrons. The number of H-pyrrole nitrogens is 1. The molecule has 1 unspecified atom stereocenters. The number of hydrogen-bond donors (Lipinski definition) is 4. The van der Waals surface area contributed by atoms with Gasteiger partial charge in [-0.2, -0.15) is 4.72 Å². The number of aromatic amines is 1. The molecule has 0 spiro atoms. The molecular weight excluding hydrogens is 352 g/mol. The van der Waals surface area contributed by atoms with Gasteiger partial charge >= 0.3 is 0 Å². The van der Waals surface area contributed by atoms with Gasteiger partial charge in [0.1, 0.15) is 6.04 Å². The van der Waals surface area contributed by atoms with Crippen LogP contribution < -0.4 is 16.0 Å². The molecule has 136 valence electrons. The highest BCUT2D eigenvalue weighted by atomic mass is 32.2. The lowest BCUT2D eigenvalue weighted by Crippen LogP contribution is -2.49. The number of carbonyl (C=O) groups is 1. The van der Waals surface area contributed by atoms with Gasteiger partial charge in [-0.1, -0.05) is 35.9 Å². The number of amides is 1. The zero-order valence-electron chi connectivity index (χ0n) is 14.2. The van der Waals surface area contributed by atoms with E-state index in [0.29, 0.717) is 0 Å². The van der Waals surface area contributed by atoms with Gasteiger partial charge in [0.25, 0.3) is 5.91 Å². The van der Waals surface area contributed by atoms with Gasteiger partial charge in [0.2, 0.25) is 10.0 Å². The summed E-state index contributed by atoms with van der Waals surface area (Å²) in [6.45, 7) is 1.87. The number of nitrogens with one attached hydrogen (secondary N) is 3. The molecule has 3 rings (SSSR count). The smallest absolute Gasteiger partial charge is 0.252 e. The number of hydrazine groups is 1. The molecule has 5 N–H and O–H groups in total. The zero-order valence-corrected chi connectivity index (χ0v) is 15.0. The van der Waals surface area contributed by atoms with E-state index in [1.807, 2.05) is 36.6 Å². The highest BCUT2D eigenvalue weighted by Gasteiger charge is 2.26. The summed E-state index contributed by atoms with van der Waals surface area (Å²) in [7, 11) is -3.86. The van der Waals surface area contributed by atoms with Crippen LogP contribution in [0.15, 0.2) is 59.6 Å². The number of rotatable bonds is 6. The summed E-state index contributed by atoms with van der Waals surface area (Å²) >= 11 is 0. The minimum atomic E-state index is -3.86. The number of aryl methyl sites for hydroxylation is 1. The Morgan fingerprint density at radius 2 is 1.85 bits per heavy atom. The lowest BCUT2D eigenvalue weighted by Gasteiger charge is -2.17. The molecule has 1 amide bonds. The Bertz CT molecular complexity index is 1030. The number of sulfonamides is 1. The van der Waals surface area contributed by atoms with E-state index in [9.17, 15) is 13.2 Å². The van der Waals surface area contributed by atoms with E-state index < -0.39 is 22.0 Å². The van der Waals surface area contributed by atoms with Gasteiger partial charge in [0, 0.05) is 17.1 Å². The quantitative estimate of drug-likeness (QED) is 0.297. The molecular formula is C18H20N4O3S. The summed E-state index contributed by atoms with van der Waals surface area (Å²) in [4.78, 5) is 15.4. The molecule has 0 fully saturated rings. The first-order chi connectivity index (χ1) is 12.4. The lowest BCUT2D eigenvalue weighted by molar-refractivity contribution is -0.122. The first-order valence-corrected chi connectivity index (χ1v) is 9.53. The largest absolute Gasteiger partial charge is 0.361 e. The van der Waals surface area contributed by atoms with Crippen LogP contribution in [-0.2, 0) is 21.2 Å². The van der Waals surface area contributed by atoms with Crippen molar-refractivity contribution in [2.75, 3.05) is 0 Å². The fourth-order valence-electron chi connectivity index (χ4n) is 2.78. The van der Waals surface area contributed by atoms with E-state index in [-0.39, 0.29) is 11.3 Å². The van der Waals surface area contributed by atoms with Gasteiger partial charge < -0.3 is 4.98 Å². The Hall–Kier alpha value is -2.68. The van der Waals surface area contributed by atoms with Crippen LogP contribution in [0.1, 0.15) is 11.1 Å². The minimum absolute atomic E-state index is 0.0943. The van der Waals surface area contributed by atoms with Crippen LogP contribution in [0.25, 0.3) is 10.9 Å². The number of aromatic nitrogens is 1. The van der Waals surface area contributed by atoms with Crippen molar-refractivity contribution in [2.45, 2.75) is 24.3 Å². The van der Waals surface area contributed by atoms with Crippen molar-refractivity contribution >= 4 is 26.8 Å². The van der Waals surface area contributed by atoms with Crippen molar-refractivity contribution in [1.29, 1.82) is 0 Å². The van der Waals surface area contributed by atoms with Crippen LogP contribution in [0.2, 0.25) is 0 Å². The molecule has 26 heavy (non-hydrogen) atoms. The van der Waals surface area contributed by atoms with Gasteiger partial charge in [-0.05, 0) is 37.1 Å². The van der Waals surface area contributed by atoms with E-state index in [4.69, 9.17) is 5.84 Å². The zero-order chi connectivity index (χ0) is 18.7. The Morgan fingerprint density at radius 1 is 1.15 bits per heavy atom. The summed E-state index contributed by atoms with van der Waals surface area (Å²) in [5, 5.41) is 0.928. The third kappa shape index (κ3) is 3.77. The highest BCUT2D eigenvalue weighted by molar-refractivity contribution is 7.89. The van der Waals surface area contributed by atoms with E-state index in [0.717, 1.165) is 22.0 Å². The number of carbonyl (C=O) groups excluding carboxylic acids is 1. The van der Waals surface area contributed by atoms with Crippen LogP contribution >= 0.6 is 0 Å². The van der Waals surface area contributed by atoms with Crippen LogP contribution in [0.5, 0.6) is 0 Å². The molecule has 0 aliphatic carbocycles. The monoisotopic (exact) mass is 372 g/mol. The molecule has 1 atom stereocenters. The standard InChI is InChI=1S/C18H20N4O3S/c1-12-6-8-14(9-7-12)26(24,25)22-17(18(23)21-19)10-13-11-20-16-5-3-2-4-15(13)16/h2-9,11,17,20,22H,10,19H2,1H3,(H,21,23). The Morgan fingerprint density at radius 3 is 2.54 bits per heavy atom. The van der Waals surface area contributed by atoms with Gasteiger partial charge in [0.15, 0.2) is 0 Å². The van der Waals surface area contributed by atoms with Gasteiger partial charge in [-0.25, -0.2) is 14.3 Å². The van der Waals surface area contributed by atoms with Crippen LogP contribution in [0.4, 0.5) is 0 Å². The fraction of sp³-hybridized carbons (Fsp3) is 0.167. The predicted octanol–water partition coefficient (Wildman–Crippen LogP) is 1.36. The van der Waals surface area contributed by atoms with Gasteiger partial charge in [-0.15, -0.1) is 0 Å². The summed E-state index contributed by atoms with van der Waals surface area (Å²) < 4.78 is 27.7. The van der Waals surface area contributed by atoms with E-state index in [2.05, 4.69) is 9.71 Å². The maximum Gasteiger partial charge on any atom is 0.252 e. The molecule has 0 aliphatic rings. The third-order valence-electron chi connectivity index (χ3n) is 4.19. The van der Waals surface area contributed by atoms with Crippen LogP contribution in [-0.4, -0.2) is 25.4 Å². The van der Waals surface area contributed by atoms with Gasteiger partial charge in [0.05, 0.1) is 4.90 Å². The van der Waals surface area contributed by atoms with Crippen molar-refractivity contribution < 1.29 is 13.2 Å². The molecule has 7 nitrogen and oxygen atoms in total. The molecule has 8 heteroatoms. The van der Waals surface area contributed by atoms with Crippen molar-refractivity contribution in [2.24, 2.45) is 5.84 Å². The minimum Gasteiger partial charge on any atom is -0.361 e. The molecule has 0 aliphatic heterocycles. The SMILES string of the molecule is Cc1ccc(S(=O)(=O)NC(Cc2c[nH]c3ccccc23)C(=O)NN)cc1. The van der Waals surface area contributed by atoms with E-state index in [1.165, 1.54) is 12.1 Å². The van der Waals surface area contributed by atoms with E-state index >= 15 is 0 Å². The Kier molecular flexibility index (Phi) is 5.08. The normalized spacial score (nSPS) is 12.8. The molecule has 1 aromatic heterocycles. The van der Waals surface area contributed by atoms with Crippen molar-refractivity contribution in [3.05, 3.63) is 65.9 Å². The van der Waals surface area contributed by atoms with Crippen molar-refractivity contribution in [1.82, 2.24) is 15.1 Å². The number of benzene rings is 2. The van der Waals surface area contributed by atoms with E-state index in [1.54, 1.807) is 18.3 Å². The molecule has 1 heterocycles. The lowest BCUT2D eigenvalue weighted by atomic mass is 10.1.